The molecule has 3 nitrogen and oxygen atoms in total. The highest BCUT2D eigenvalue weighted by Crippen LogP contribution is 2.31. The van der Waals surface area contributed by atoms with E-state index < -0.39 is 0 Å². The van der Waals surface area contributed by atoms with Crippen molar-refractivity contribution in [3.8, 4) is 0 Å². The second-order valence-corrected chi connectivity index (χ2v) is 4.67. The van der Waals surface area contributed by atoms with Gasteiger partial charge in [0.1, 0.15) is 5.82 Å². The number of carbonyl (C=O) groups is 1. The number of amides is 1. The Bertz CT molecular complexity index is 637. The number of benzene rings is 2. The first-order valence-electron chi connectivity index (χ1n) is 6.40. The van der Waals surface area contributed by atoms with E-state index >= 15 is 0 Å². The summed E-state index contributed by atoms with van der Waals surface area (Å²) < 4.78 is 13.0. The van der Waals surface area contributed by atoms with E-state index in [4.69, 9.17) is 0 Å². The first-order valence-corrected chi connectivity index (χ1v) is 6.40. The van der Waals surface area contributed by atoms with Gasteiger partial charge in [0.25, 0.3) is 0 Å². The van der Waals surface area contributed by atoms with Crippen LogP contribution in [-0.4, -0.2) is 17.1 Å². The molecule has 4 heteroatoms. The van der Waals surface area contributed by atoms with Crippen molar-refractivity contribution in [2.24, 2.45) is 5.10 Å². The summed E-state index contributed by atoms with van der Waals surface area (Å²) in [5, 5.41) is 5.75. The Morgan fingerprint density at radius 2 is 1.80 bits per heavy atom. The van der Waals surface area contributed by atoms with Gasteiger partial charge in [-0.25, -0.2) is 9.40 Å². The molecule has 0 saturated carbocycles. The number of hydrogen-bond donors (Lipinski definition) is 0. The molecule has 0 bridgehead atoms. The van der Waals surface area contributed by atoms with Crippen LogP contribution in [0.5, 0.6) is 0 Å². The smallest absolute Gasteiger partial charge is 0.230 e. The fraction of sp³-hybridized carbons (Fsp3) is 0.125. The molecule has 1 amide bonds. The maximum atomic E-state index is 13.0. The number of rotatable bonds is 3. The number of carbonyl (C=O) groups excluding carboxylic acids is 1. The molecule has 100 valence electrons. The fourth-order valence-electron chi connectivity index (χ4n) is 2.39. The number of hydrogen-bond acceptors (Lipinski definition) is 2. The van der Waals surface area contributed by atoms with Crippen molar-refractivity contribution < 1.29 is 9.18 Å². The van der Waals surface area contributed by atoms with Gasteiger partial charge in [-0.05, 0) is 23.3 Å². The van der Waals surface area contributed by atoms with E-state index in [2.05, 4.69) is 5.10 Å². The van der Waals surface area contributed by atoms with Crippen molar-refractivity contribution in [2.45, 2.75) is 12.5 Å². The molecule has 0 aliphatic carbocycles. The molecule has 1 atom stereocenters. The van der Waals surface area contributed by atoms with Crippen molar-refractivity contribution in [3.05, 3.63) is 71.5 Å². The molecule has 20 heavy (non-hydrogen) atoms. The Balaban J connectivity index is 1.89. The monoisotopic (exact) mass is 268 g/mol. The Kier molecular flexibility index (Phi) is 3.29. The zero-order valence-electron chi connectivity index (χ0n) is 10.7. The van der Waals surface area contributed by atoms with Crippen LogP contribution in [0.3, 0.4) is 0 Å². The van der Waals surface area contributed by atoms with Gasteiger partial charge in [-0.15, -0.1) is 0 Å². The average molecular weight is 268 g/mol. The van der Waals surface area contributed by atoms with Gasteiger partial charge >= 0.3 is 0 Å². The zero-order chi connectivity index (χ0) is 13.9. The van der Waals surface area contributed by atoms with Crippen LogP contribution < -0.4 is 0 Å². The SMILES string of the molecule is O=CN1N=C(c2ccc(F)cc2)CC1c1ccccc1. The molecular formula is C16H13FN2O. The minimum absolute atomic E-state index is 0.0891. The van der Waals surface area contributed by atoms with Crippen LogP contribution in [0.1, 0.15) is 23.6 Å². The Morgan fingerprint density at radius 3 is 2.45 bits per heavy atom. The largest absolute Gasteiger partial charge is 0.277 e. The molecule has 1 aliphatic rings. The van der Waals surface area contributed by atoms with Crippen molar-refractivity contribution in [3.63, 3.8) is 0 Å². The lowest BCUT2D eigenvalue weighted by Crippen LogP contribution is -2.17. The minimum atomic E-state index is -0.279. The summed E-state index contributed by atoms with van der Waals surface area (Å²) in [6.45, 7) is 0. The Hall–Kier alpha value is -2.49. The topological polar surface area (TPSA) is 32.7 Å². The number of halogens is 1. The highest BCUT2D eigenvalue weighted by molar-refractivity contribution is 6.02. The highest BCUT2D eigenvalue weighted by Gasteiger charge is 2.28. The van der Waals surface area contributed by atoms with E-state index in [0.717, 1.165) is 23.2 Å². The predicted octanol–water partition coefficient (Wildman–Crippen LogP) is 3.13. The average Bonchev–Trinajstić information content (AvgIpc) is 2.93. The second kappa shape index (κ2) is 5.25. The molecular weight excluding hydrogens is 255 g/mol. The van der Waals surface area contributed by atoms with Crippen LogP contribution in [0.25, 0.3) is 0 Å². The lowest BCUT2D eigenvalue weighted by Gasteiger charge is -2.16. The van der Waals surface area contributed by atoms with Crippen molar-refractivity contribution in [1.82, 2.24) is 5.01 Å². The van der Waals surface area contributed by atoms with Gasteiger partial charge in [0.2, 0.25) is 6.41 Å². The minimum Gasteiger partial charge on any atom is -0.277 e. The van der Waals surface area contributed by atoms with E-state index in [0.29, 0.717) is 6.42 Å². The van der Waals surface area contributed by atoms with Crippen molar-refractivity contribution >= 4 is 12.1 Å². The van der Waals surface area contributed by atoms with Crippen LogP contribution >= 0.6 is 0 Å². The van der Waals surface area contributed by atoms with Crippen LogP contribution in [-0.2, 0) is 4.79 Å². The summed E-state index contributed by atoms with van der Waals surface area (Å²) in [5.74, 6) is -0.279. The van der Waals surface area contributed by atoms with Crippen LogP contribution in [0, 0.1) is 5.82 Å². The summed E-state index contributed by atoms with van der Waals surface area (Å²) in [5.41, 5.74) is 2.68. The number of nitrogens with zero attached hydrogens (tertiary/aromatic N) is 2. The van der Waals surface area contributed by atoms with Gasteiger partial charge in [0, 0.05) is 6.42 Å². The third-order valence-corrected chi connectivity index (χ3v) is 3.41. The zero-order valence-corrected chi connectivity index (χ0v) is 10.7. The molecule has 0 N–H and O–H groups in total. The van der Waals surface area contributed by atoms with Gasteiger partial charge < -0.3 is 0 Å². The summed E-state index contributed by atoms with van der Waals surface area (Å²) in [6, 6.07) is 15.9. The molecule has 1 aliphatic heterocycles. The molecule has 2 aromatic carbocycles. The summed E-state index contributed by atoms with van der Waals surface area (Å²) in [4.78, 5) is 11.2. The van der Waals surface area contributed by atoms with Gasteiger partial charge in [-0.2, -0.15) is 5.10 Å². The molecule has 1 heterocycles. The summed E-state index contributed by atoms with van der Waals surface area (Å²) >= 11 is 0. The first-order chi connectivity index (χ1) is 9.78. The third-order valence-electron chi connectivity index (χ3n) is 3.41. The van der Waals surface area contributed by atoms with E-state index in [1.54, 1.807) is 12.1 Å². The summed E-state index contributed by atoms with van der Waals surface area (Å²) in [7, 11) is 0. The van der Waals surface area contributed by atoms with Gasteiger partial charge in [-0.3, -0.25) is 4.79 Å². The summed E-state index contributed by atoms with van der Waals surface area (Å²) in [6.07, 6.45) is 1.36. The molecule has 0 aromatic heterocycles. The lowest BCUT2D eigenvalue weighted by molar-refractivity contribution is -0.119. The third kappa shape index (κ3) is 2.32. The fourth-order valence-corrected chi connectivity index (χ4v) is 2.39. The quantitative estimate of drug-likeness (QED) is 0.787. The van der Waals surface area contributed by atoms with E-state index in [9.17, 15) is 9.18 Å². The standard InChI is InChI=1S/C16H13FN2O/c17-14-8-6-12(7-9-14)15-10-16(19(11-20)18-15)13-4-2-1-3-5-13/h1-9,11,16H,10H2. The van der Waals surface area contributed by atoms with Crippen molar-refractivity contribution in [2.75, 3.05) is 0 Å². The lowest BCUT2D eigenvalue weighted by atomic mass is 9.99. The van der Waals surface area contributed by atoms with E-state index in [1.807, 2.05) is 30.3 Å². The molecule has 0 saturated heterocycles. The molecule has 2 aromatic rings. The maximum Gasteiger partial charge on any atom is 0.230 e. The first kappa shape index (κ1) is 12.5. The normalized spacial score (nSPS) is 17.9. The Labute approximate surface area is 116 Å². The van der Waals surface area contributed by atoms with Gasteiger partial charge in [-0.1, -0.05) is 42.5 Å². The predicted molar refractivity (Wildman–Crippen MR) is 74.6 cm³/mol. The molecule has 0 fully saturated rings. The molecule has 0 radical (unpaired) electrons. The Morgan fingerprint density at radius 1 is 1.10 bits per heavy atom. The number of hydrazone groups is 1. The van der Waals surface area contributed by atoms with Crippen LogP contribution in [0.4, 0.5) is 4.39 Å². The maximum absolute atomic E-state index is 13.0. The molecule has 1 unspecified atom stereocenters. The molecule has 3 rings (SSSR count). The van der Waals surface area contributed by atoms with Crippen LogP contribution in [0.2, 0.25) is 0 Å². The van der Waals surface area contributed by atoms with Crippen LogP contribution in [0.15, 0.2) is 59.7 Å². The molecule has 0 spiro atoms. The van der Waals surface area contributed by atoms with Gasteiger partial charge in [0.15, 0.2) is 0 Å². The van der Waals surface area contributed by atoms with Gasteiger partial charge in [0.05, 0.1) is 11.8 Å². The second-order valence-electron chi connectivity index (χ2n) is 4.67. The van der Waals surface area contributed by atoms with Crippen molar-refractivity contribution in [1.29, 1.82) is 0 Å². The van der Waals surface area contributed by atoms with E-state index in [-0.39, 0.29) is 11.9 Å². The highest BCUT2D eigenvalue weighted by atomic mass is 19.1. The van der Waals surface area contributed by atoms with E-state index in [1.165, 1.54) is 17.1 Å².